The maximum atomic E-state index is 12.4. The Morgan fingerprint density at radius 1 is 1.06 bits per heavy atom. The lowest BCUT2D eigenvalue weighted by Gasteiger charge is -2.08. The number of H-pyrrole nitrogens is 1. The van der Waals surface area contributed by atoms with E-state index in [0.29, 0.717) is 27.6 Å². The van der Waals surface area contributed by atoms with E-state index in [9.17, 15) is 4.79 Å². The predicted octanol–water partition coefficient (Wildman–Crippen LogP) is 4.91. The van der Waals surface area contributed by atoms with Gasteiger partial charge in [-0.1, -0.05) is 43.0 Å². The molecule has 0 saturated heterocycles. The van der Waals surface area contributed by atoms with Crippen LogP contribution in [0, 0.1) is 0 Å². The molecule has 1 amide bonds. The van der Waals surface area contributed by atoms with Crippen LogP contribution >= 0.6 is 23.1 Å². The predicted molar refractivity (Wildman–Crippen MR) is 131 cm³/mol. The van der Waals surface area contributed by atoms with Crippen LogP contribution in [0.5, 0.6) is 11.5 Å². The second-order valence-electron chi connectivity index (χ2n) is 6.96. The Balaban J connectivity index is 1.34. The number of nitrogens with zero attached hydrogens (tertiary/aromatic N) is 3. The lowest BCUT2D eigenvalue weighted by molar-refractivity contribution is -0.113. The SMILES string of the molecule is CCc1ccc(-c2nc(SCC(=O)Nc3nc(-c4ccc(OC)c(OC)c4)cs3)n[nH]2)cc1. The van der Waals surface area contributed by atoms with Crippen LogP contribution in [0.3, 0.4) is 0 Å². The number of hydrogen-bond donors (Lipinski definition) is 2. The van der Waals surface area contributed by atoms with Gasteiger partial charge >= 0.3 is 0 Å². The number of methoxy groups -OCH3 is 2. The first-order valence-corrected chi connectivity index (χ1v) is 12.1. The molecular weight excluding hydrogens is 458 g/mol. The molecule has 10 heteroatoms. The van der Waals surface area contributed by atoms with Crippen molar-refractivity contribution in [3.05, 3.63) is 53.4 Å². The third kappa shape index (κ3) is 5.52. The van der Waals surface area contributed by atoms with Crippen LogP contribution in [-0.4, -0.2) is 46.0 Å². The number of aromatic amines is 1. The second kappa shape index (κ2) is 10.5. The van der Waals surface area contributed by atoms with E-state index in [0.717, 1.165) is 23.2 Å². The number of aryl methyl sites for hydroxylation is 1. The molecule has 33 heavy (non-hydrogen) atoms. The molecule has 4 rings (SSSR count). The third-order valence-corrected chi connectivity index (χ3v) is 6.47. The topological polar surface area (TPSA) is 102 Å². The van der Waals surface area contributed by atoms with Gasteiger partial charge in [-0.15, -0.1) is 16.4 Å². The van der Waals surface area contributed by atoms with Crippen molar-refractivity contribution in [1.82, 2.24) is 20.2 Å². The summed E-state index contributed by atoms with van der Waals surface area (Å²) in [6.45, 7) is 2.12. The van der Waals surface area contributed by atoms with E-state index in [1.54, 1.807) is 14.2 Å². The average Bonchev–Trinajstić information content (AvgIpc) is 3.52. The van der Waals surface area contributed by atoms with E-state index >= 15 is 0 Å². The number of benzene rings is 2. The van der Waals surface area contributed by atoms with Gasteiger partial charge in [0, 0.05) is 16.5 Å². The van der Waals surface area contributed by atoms with Gasteiger partial charge < -0.3 is 14.8 Å². The van der Waals surface area contributed by atoms with Gasteiger partial charge in [0.15, 0.2) is 22.5 Å². The Morgan fingerprint density at radius 2 is 1.82 bits per heavy atom. The summed E-state index contributed by atoms with van der Waals surface area (Å²) in [7, 11) is 3.18. The number of ether oxygens (including phenoxy) is 2. The maximum Gasteiger partial charge on any atom is 0.236 e. The fourth-order valence-corrected chi connectivity index (χ4v) is 4.42. The summed E-state index contributed by atoms with van der Waals surface area (Å²) in [5.41, 5.74) is 3.85. The Morgan fingerprint density at radius 3 is 2.55 bits per heavy atom. The van der Waals surface area contributed by atoms with Gasteiger partial charge in [-0.2, -0.15) is 0 Å². The molecule has 170 valence electrons. The van der Waals surface area contributed by atoms with Crippen molar-refractivity contribution in [3.63, 3.8) is 0 Å². The van der Waals surface area contributed by atoms with Crippen LogP contribution < -0.4 is 14.8 Å². The van der Waals surface area contributed by atoms with Crippen LogP contribution in [0.25, 0.3) is 22.6 Å². The van der Waals surface area contributed by atoms with Gasteiger partial charge in [-0.25, -0.2) is 9.97 Å². The first kappa shape index (κ1) is 22.8. The molecule has 0 bridgehead atoms. The molecule has 8 nitrogen and oxygen atoms in total. The number of amides is 1. The van der Waals surface area contributed by atoms with Gasteiger partial charge in [-0.3, -0.25) is 9.89 Å². The summed E-state index contributed by atoms with van der Waals surface area (Å²) in [6.07, 6.45) is 0.988. The van der Waals surface area contributed by atoms with E-state index in [1.807, 2.05) is 35.7 Å². The van der Waals surface area contributed by atoms with Crippen molar-refractivity contribution in [2.75, 3.05) is 25.3 Å². The zero-order valence-corrected chi connectivity index (χ0v) is 20.0. The molecule has 0 saturated carbocycles. The minimum atomic E-state index is -0.174. The normalized spacial score (nSPS) is 10.8. The first-order chi connectivity index (χ1) is 16.1. The number of thiazole rings is 1. The largest absolute Gasteiger partial charge is 0.493 e. The molecule has 0 spiro atoms. The van der Waals surface area contributed by atoms with E-state index in [-0.39, 0.29) is 11.7 Å². The summed E-state index contributed by atoms with van der Waals surface area (Å²) >= 11 is 2.62. The average molecular weight is 482 g/mol. The van der Waals surface area contributed by atoms with E-state index in [4.69, 9.17) is 9.47 Å². The van der Waals surface area contributed by atoms with Gasteiger partial charge in [0.1, 0.15) is 0 Å². The smallest absolute Gasteiger partial charge is 0.236 e. The monoisotopic (exact) mass is 481 g/mol. The Hall–Kier alpha value is -3.37. The Labute approximate surface area is 199 Å². The molecule has 0 aliphatic carbocycles. The molecule has 2 aromatic heterocycles. The molecule has 0 fully saturated rings. The van der Waals surface area contributed by atoms with Crippen LogP contribution in [0.15, 0.2) is 53.0 Å². The number of rotatable bonds is 9. The third-order valence-electron chi connectivity index (χ3n) is 4.86. The number of carbonyl (C=O) groups excluding carboxylic acids is 1. The summed E-state index contributed by atoms with van der Waals surface area (Å²) in [5.74, 6) is 1.95. The van der Waals surface area contributed by atoms with Gasteiger partial charge in [-0.05, 0) is 30.2 Å². The van der Waals surface area contributed by atoms with Crippen molar-refractivity contribution in [3.8, 4) is 34.1 Å². The molecule has 2 heterocycles. The van der Waals surface area contributed by atoms with Crippen molar-refractivity contribution in [1.29, 1.82) is 0 Å². The van der Waals surface area contributed by atoms with Gasteiger partial charge in [0.2, 0.25) is 11.1 Å². The van der Waals surface area contributed by atoms with E-state index < -0.39 is 0 Å². The van der Waals surface area contributed by atoms with Crippen molar-refractivity contribution in [2.45, 2.75) is 18.5 Å². The number of anilines is 1. The minimum absolute atomic E-state index is 0.174. The summed E-state index contributed by atoms with van der Waals surface area (Å²) < 4.78 is 10.6. The molecule has 0 aliphatic heterocycles. The number of nitrogens with one attached hydrogen (secondary N) is 2. The highest BCUT2D eigenvalue weighted by molar-refractivity contribution is 7.99. The molecule has 0 unspecified atom stereocenters. The van der Waals surface area contributed by atoms with Gasteiger partial charge in [0.05, 0.1) is 25.7 Å². The molecule has 2 aromatic carbocycles. The number of thioether (sulfide) groups is 1. The summed E-state index contributed by atoms with van der Waals surface area (Å²) in [5, 5.41) is 12.9. The van der Waals surface area contributed by atoms with Crippen LogP contribution in [0.1, 0.15) is 12.5 Å². The highest BCUT2D eigenvalue weighted by Crippen LogP contribution is 2.33. The van der Waals surface area contributed by atoms with Crippen molar-refractivity contribution in [2.24, 2.45) is 0 Å². The maximum absolute atomic E-state index is 12.4. The quantitative estimate of drug-likeness (QED) is 0.328. The molecule has 2 N–H and O–H groups in total. The first-order valence-electron chi connectivity index (χ1n) is 10.2. The second-order valence-corrected chi connectivity index (χ2v) is 8.76. The van der Waals surface area contributed by atoms with E-state index in [2.05, 4.69) is 44.5 Å². The Kier molecular flexibility index (Phi) is 7.26. The number of carbonyl (C=O) groups is 1. The van der Waals surface area contributed by atoms with E-state index in [1.165, 1.54) is 28.7 Å². The van der Waals surface area contributed by atoms with Crippen molar-refractivity contribution >= 4 is 34.1 Å². The fourth-order valence-electron chi connectivity index (χ4n) is 3.08. The minimum Gasteiger partial charge on any atom is -0.493 e. The molecule has 0 radical (unpaired) electrons. The molecule has 4 aromatic rings. The highest BCUT2D eigenvalue weighted by atomic mass is 32.2. The number of aromatic nitrogens is 4. The lowest BCUT2D eigenvalue weighted by atomic mass is 10.1. The lowest BCUT2D eigenvalue weighted by Crippen LogP contribution is -2.13. The zero-order chi connectivity index (χ0) is 23.2. The highest BCUT2D eigenvalue weighted by Gasteiger charge is 2.13. The fraction of sp³-hybridized carbons (Fsp3) is 0.217. The summed E-state index contributed by atoms with van der Waals surface area (Å²) in [6, 6.07) is 13.7. The molecule has 0 atom stereocenters. The zero-order valence-electron chi connectivity index (χ0n) is 18.4. The molecule has 0 aliphatic rings. The van der Waals surface area contributed by atoms with Crippen LogP contribution in [0.4, 0.5) is 5.13 Å². The number of hydrogen-bond acceptors (Lipinski definition) is 8. The summed E-state index contributed by atoms with van der Waals surface area (Å²) in [4.78, 5) is 21.4. The van der Waals surface area contributed by atoms with Crippen LogP contribution in [0.2, 0.25) is 0 Å². The van der Waals surface area contributed by atoms with Crippen molar-refractivity contribution < 1.29 is 14.3 Å². The molecular formula is C23H23N5O3S2. The van der Waals surface area contributed by atoms with Crippen LogP contribution in [-0.2, 0) is 11.2 Å². The standard InChI is InChI=1S/C23H23N5O3S2/c1-4-14-5-7-15(8-6-14)21-26-23(28-27-21)33-13-20(29)25-22-24-17(12-32-22)16-9-10-18(30-2)19(11-16)31-3/h5-12H,4,13H2,1-3H3,(H,24,25,29)(H,26,27,28). The van der Waals surface area contributed by atoms with Gasteiger partial charge in [0.25, 0.3) is 0 Å². The Bertz CT molecular complexity index is 1240.